The van der Waals surface area contributed by atoms with E-state index in [4.69, 9.17) is 14.7 Å². The molecule has 0 radical (unpaired) electrons. The molecule has 1 aromatic carbocycles. The first kappa shape index (κ1) is 31.3. The summed E-state index contributed by atoms with van der Waals surface area (Å²) >= 11 is 5.22. The van der Waals surface area contributed by atoms with Crippen molar-refractivity contribution in [2.45, 2.75) is 18.9 Å². The van der Waals surface area contributed by atoms with E-state index < -0.39 is 7.14 Å². The van der Waals surface area contributed by atoms with Gasteiger partial charge in [-0.25, -0.2) is 4.98 Å². The number of hydrogen-bond donors (Lipinski definition) is 2. The molecule has 2 N–H and O–H groups in total. The first-order chi connectivity index (χ1) is 21.6. The molecule has 5 aromatic rings. The van der Waals surface area contributed by atoms with Gasteiger partial charge in [0.25, 0.3) is 0 Å². The number of thiophene rings is 1. The molecule has 6 rings (SSSR count). The van der Waals surface area contributed by atoms with Crippen LogP contribution in [0.5, 0.6) is 5.88 Å². The van der Waals surface area contributed by atoms with Crippen molar-refractivity contribution in [1.82, 2.24) is 29.8 Å². The fourth-order valence-electron chi connectivity index (χ4n) is 5.63. The Morgan fingerprint density at radius 1 is 1.04 bits per heavy atom. The number of piperidine rings is 1. The number of rotatable bonds is 9. The van der Waals surface area contributed by atoms with Crippen molar-refractivity contribution in [3.8, 4) is 17.0 Å². The van der Waals surface area contributed by atoms with Gasteiger partial charge in [0.15, 0.2) is 0 Å². The zero-order valence-corrected chi connectivity index (χ0v) is 29.1. The minimum atomic E-state index is -2.76. The topological polar surface area (TPSA) is 121 Å². The maximum atomic E-state index is 13.4. The molecule has 0 unspecified atom stereocenters. The van der Waals surface area contributed by atoms with Gasteiger partial charge in [-0.3, -0.25) is 9.97 Å². The summed E-state index contributed by atoms with van der Waals surface area (Å²) in [4.78, 5) is 27.8. The lowest BCUT2D eigenvalue weighted by molar-refractivity contribution is 0.249. The third-order valence-electron chi connectivity index (χ3n) is 7.88. The highest BCUT2D eigenvalue weighted by Crippen LogP contribution is 2.42. The zero-order valence-electron chi connectivity index (χ0n) is 25.8. The molecule has 14 heteroatoms. The Labute approximate surface area is 275 Å². The molecule has 1 aliphatic heterocycles. The SMILES string of the molecule is COc1nc(N2CCC(N(C)C)CC2)c(-c2ccsc2)cc1Nc1ncc(Br)c(Nc2ccc3nccnc3c2P(C)(C)=O)n1. The average molecular weight is 709 g/mol. The van der Waals surface area contributed by atoms with E-state index in [1.54, 1.807) is 50.4 Å². The van der Waals surface area contributed by atoms with Crippen molar-refractivity contribution in [2.24, 2.45) is 0 Å². The number of nitrogens with one attached hydrogen (secondary N) is 2. The zero-order chi connectivity index (χ0) is 31.7. The predicted molar refractivity (Wildman–Crippen MR) is 188 cm³/mol. The van der Waals surface area contributed by atoms with Crippen LogP contribution in [0.3, 0.4) is 0 Å². The van der Waals surface area contributed by atoms with E-state index in [9.17, 15) is 4.57 Å². The highest BCUT2D eigenvalue weighted by atomic mass is 79.9. The first-order valence-corrected chi connectivity index (χ1v) is 18.8. The molecule has 1 fully saturated rings. The van der Waals surface area contributed by atoms with Crippen LogP contribution in [0.25, 0.3) is 22.2 Å². The molecule has 0 bridgehead atoms. The quantitative estimate of drug-likeness (QED) is 0.162. The molecule has 0 aliphatic carbocycles. The Kier molecular flexibility index (Phi) is 9.05. The van der Waals surface area contributed by atoms with Crippen molar-refractivity contribution < 1.29 is 9.30 Å². The highest BCUT2D eigenvalue weighted by molar-refractivity contribution is 9.10. The van der Waals surface area contributed by atoms with Crippen molar-refractivity contribution in [3.05, 3.63) is 58.1 Å². The van der Waals surface area contributed by atoms with E-state index in [1.165, 1.54) is 0 Å². The smallest absolute Gasteiger partial charge is 0.239 e. The molecule has 0 saturated carbocycles. The van der Waals surface area contributed by atoms with Gasteiger partial charge in [0.1, 0.15) is 30.0 Å². The standard InChI is InChI=1S/C31H35BrN9O2PS/c1-40(2)20-8-13-41(14-9-20)29-21(19-10-15-45-18-19)16-25(30(39-29)43-3)37-31-35-17-22(32)28(38-31)36-24-7-6-23-26(34-12-11-33-23)27(24)44(4,5)42/h6-7,10-12,15-18,20H,8-9,13-14H2,1-5H3,(H2,35,36,37,38). The van der Waals surface area contributed by atoms with Crippen LogP contribution in [0.4, 0.5) is 29.0 Å². The minimum Gasteiger partial charge on any atom is -0.479 e. The van der Waals surface area contributed by atoms with Crippen molar-refractivity contribution in [1.29, 1.82) is 0 Å². The Hall–Kier alpha value is -3.64. The number of nitrogens with zero attached hydrogens (tertiary/aromatic N) is 7. The number of anilines is 5. The Morgan fingerprint density at radius 3 is 2.51 bits per heavy atom. The minimum absolute atomic E-state index is 0.343. The molecule has 0 amide bonds. The largest absolute Gasteiger partial charge is 0.479 e. The molecular formula is C31H35BrN9O2PS. The van der Waals surface area contributed by atoms with E-state index >= 15 is 0 Å². The number of fused-ring (bicyclic) bond motifs is 1. The number of methoxy groups -OCH3 is 1. The normalized spacial score (nSPS) is 14.2. The third kappa shape index (κ3) is 6.67. The number of ether oxygens (including phenoxy) is 1. The van der Waals surface area contributed by atoms with Gasteiger partial charge in [0.2, 0.25) is 11.8 Å². The summed E-state index contributed by atoms with van der Waals surface area (Å²) in [5, 5.41) is 11.5. The van der Waals surface area contributed by atoms with E-state index in [2.05, 4.69) is 88.3 Å². The Bertz CT molecular complexity index is 1880. The van der Waals surface area contributed by atoms with E-state index in [1.807, 2.05) is 12.1 Å². The van der Waals surface area contributed by atoms with E-state index in [-0.39, 0.29) is 0 Å². The summed E-state index contributed by atoms with van der Waals surface area (Å²) in [6.07, 6.45) is 7.04. The maximum Gasteiger partial charge on any atom is 0.239 e. The van der Waals surface area contributed by atoms with Crippen LogP contribution in [-0.4, -0.2) is 83.5 Å². The summed E-state index contributed by atoms with van der Waals surface area (Å²) in [7, 11) is 3.15. The first-order valence-electron chi connectivity index (χ1n) is 14.5. The third-order valence-corrected chi connectivity index (χ3v) is 10.7. The second-order valence-electron chi connectivity index (χ2n) is 11.5. The van der Waals surface area contributed by atoms with Crippen LogP contribution in [0.2, 0.25) is 0 Å². The highest BCUT2D eigenvalue weighted by Gasteiger charge is 2.26. The Morgan fingerprint density at radius 2 is 1.82 bits per heavy atom. The molecular weight excluding hydrogens is 673 g/mol. The molecule has 45 heavy (non-hydrogen) atoms. The van der Waals surface area contributed by atoms with Crippen LogP contribution in [0.1, 0.15) is 12.8 Å². The maximum absolute atomic E-state index is 13.4. The van der Waals surface area contributed by atoms with Gasteiger partial charge in [-0.1, -0.05) is 0 Å². The fourth-order valence-corrected chi connectivity index (χ4v) is 7.97. The number of hydrogen-bond acceptors (Lipinski definition) is 12. The van der Waals surface area contributed by atoms with E-state index in [0.717, 1.165) is 42.9 Å². The van der Waals surface area contributed by atoms with Gasteiger partial charge >= 0.3 is 0 Å². The van der Waals surface area contributed by atoms with Crippen molar-refractivity contribution >= 4 is 79.7 Å². The lowest BCUT2D eigenvalue weighted by Gasteiger charge is -2.36. The number of benzene rings is 1. The summed E-state index contributed by atoms with van der Waals surface area (Å²) in [5.74, 6) is 2.20. The summed E-state index contributed by atoms with van der Waals surface area (Å²) in [6.45, 7) is 5.28. The van der Waals surface area contributed by atoms with Crippen LogP contribution in [0, 0.1) is 0 Å². The van der Waals surface area contributed by atoms with Gasteiger partial charge in [0.05, 0.1) is 28.1 Å². The van der Waals surface area contributed by atoms with Crippen LogP contribution >= 0.6 is 34.4 Å². The van der Waals surface area contributed by atoms with Crippen LogP contribution in [-0.2, 0) is 4.57 Å². The monoisotopic (exact) mass is 707 g/mol. The van der Waals surface area contributed by atoms with Crippen molar-refractivity contribution in [2.75, 3.05) is 63.2 Å². The summed E-state index contributed by atoms with van der Waals surface area (Å²) < 4.78 is 19.9. The molecule has 1 aliphatic rings. The fraction of sp³-hybridized carbons (Fsp3) is 0.323. The van der Waals surface area contributed by atoms with Crippen molar-refractivity contribution in [3.63, 3.8) is 0 Å². The molecule has 4 aromatic heterocycles. The molecule has 0 atom stereocenters. The molecule has 5 heterocycles. The predicted octanol–water partition coefficient (Wildman–Crippen LogP) is 6.58. The van der Waals surface area contributed by atoms with Crippen LogP contribution < -0.4 is 25.6 Å². The van der Waals surface area contributed by atoms with Gasteiger partial charge < -0.3 is 29.7 Å². The lowest BCUT2D eigenvalue weighted by Crippen LogP contribution is -2.42. The number of pyridine rings is 1. The average Bonchev–Trinajstić information content (AvgIpc) is 3.57. The summed E-state index contributed by atoms with van der Waals surface area (Å²) in [5.41, 5.74) is 4.68. The second kappa shape index (κ2) is 13.0. The van der Waals surface area contributed by atoms with Gasteiger partial charge in [0, 0.05) is 43.3 Å². The molecule has 1 saturated heterocycles. The molecule has 0 spiro atoms. The lowest BCUT2D eigenvalue weighted by atomic mass is 10.0. The van der Waals surface area contributed by atoms with E-state index in [0.29, 0.717) is 55.9 Å². The van der Waals surface area contributed by atoms with Crippen LogP contribution in [0.15, 0.2) is 58.1 Å². The number of halogens is 1. The Balaban J connectivity index is 1.34. The van der Waals surface area contributed by atoms with Gasteiger partial charge in [-0.15, -0.1) is 0 Å². The van der Waals surface area contributed by atoms with Gasteiger partial charge in [-0.2, -0.15) is 21.3 Å². The molecule has 234 valence electrons. The summed E-state index contributed by atoms with van der Waals surface area (Å²) in [6, 6.07) is 8.44. The second-order valence-corrected chi connectivity index (χ2v) is 16.3. The molecule has 11 nitrogen and oxygen atoms in total. The van der Waals surface area contributed by atoms with Gasteiger partial charge in [-0.05, 0) is 96.8 Å². The number of aromatic nitrogens is 5.